The Morgan fingerprint density at radius 2 is 1.78 bits per heavy atom. The first-order valence-corrected chi connectivity index (χ1v) is 12.1. The summed E-state index contributed by atoms with van der Waals surface area (Å²) in [5.41, 5.74) is 4.31. The quantitative estimate of drug-likeness (QED) is 0.313. The molecule has 0 spiro atoms. The molecule has 36 heavy (non-hydrogen) atoms. The van der Waals surface area contributed by atoms with Crippen molar-refractivity contribution in [2.75, 3.05) is 17.7 Å². The Bertz CT molecular complexity index is 1540. The fraction of sp³-hybridized carbons (Fsp3) is 0.111. The number of methoxy groups -OCH3 is 1. The van der Waals surface area contributed by atoms with Gasteiger partial charge >= 0.3 is 0 Å². The summed E-state index contributed by atoms with van der Waals surface area (Å²) < 4.78 is 7.89. The second kappa shape index (κ2) is 10.0. The lowest BCUT2D eigenvalue weighted by Crippen LogP contribution is -2.12. The van der Waals surface area contributed by atoms with Gasteiger partial charge in [0.05, 0.1) is 29.4 Å². The summed E-state index contributed by atoms with van der Waals surface area (Å²) in [6.07, 6.45) is 1.75. The molecule has 0 radical (unpaired) electrons. The van der Waals surface area contributed by atoms with E-state index >= 15 is 0 Å². The molecule has 180 valence electrons. The summed E-state index contributed by atoms with van der Waals surface area (Å²) >= 11 is 1.34. The average Bonchev–Trinajstić information content (AvgIpc) is 3.48. The third kappa shape index (κ3) is 5.11. The maximum atomic E-state index is 13.4. The highest BCUT2D eigenvalue weighted by Gasteiger charge is 2.20. The van der Waals surface area contributed by atoms with E-state index in [-0.39, 0.29) is 11.8 Å². The molecule has 8 nitrogen and oxygen atoms in total. The first-order chi connectivity index (χ1) is 17.5. The highest BCUT2D eigenvalue weighted by atomic mass is 32.1. The van der Waals surface area contributed by atoms with E-state index in [1.165, 1.54) is 18.3 Å². The van der Waals surface area contributed by atoms with Gasteiger partial charge in [-0.15, -0.1) is 0 Å². The van der Waals surface area contributed by atoms with Gasteiger partial charge < -0.3 is 10.1 Å². The molecule has 5 aromatic rings. The van der Waals surface area contributed by atoms with Gasteiger partial charge in [0.2, 0.25) is 5.91 Å². The molecular formula is C27H23N5O3S. The van der Waals surface area contributed by atoms with E-state index in [2.05, 4.69) is 15.6 Å². The molecule has 2 N–H and O–H groups in total. The van der Waals surface area contributed by atoms with Crippen LogP contribution in [0.3, 0.4) is 0 Å². The predicted molar refractivity (Wildman–Crippen MR) is 142 cm³/mol. The summed E-state index contributed by atoms with van der Waals surface area (Å²) in [4.78, 5) is 29.3. The van der Waals surface area contributed by atoms with Gasteiger partial charge in [-0.3, -0.25) is 19.6 Å². The third-order valence-corrected chi connectivity index (χ3v) is 6.42. The van der Waals surface area contributed by atoms with Crippen molar-refractivity contribution in [1.29, 1.82) is 0 Å². The molecule has 0 fully saturated rings. The standard InChI is InChI=1S/C27H23N5O3S/c1-17(33)28-20-10-13-23-24(14-20)36-27(29-23)30-26(34)22-16-32(15-18-6-4-3-5-7-18)31-25(22)19-8-11-21(35-2)12-9-19/h3-14,16H,15H2,1-2H3,(H,28,33)(H,29,30,34). The van der Waals surface area contributed by atoms with E-state index in [4.69, 9.17) is 9.84 Å². The lowest BCUT2D eigenvalue weighted by molar-refractivity contribution is -0.114. The van der Waals surface area contributed by atoms with Crippen molar-refractivity contribution in [2.45, 2.75) is 13.5 Å². The van der Waals surface area contributed by atoms with Crippen LogP contribution in [0.4, 0.5) is 10.8 Å². The monoisotopic (exact) mass is 497 g/mol. The van der Waals surface area contributed by atoms with Crippen molar-refractivity contribution in [3.63, 3.8) is 0 Å². The molecule has 0 atom stereocenters. The van der Waals surface area contributed by atoms with Crippen LogP contribution in [0.1, 0.15) is 22.8 Å². The molecule has 2 heterocycles. The van der Waals surface area contributed by atoms with Crippen LogP contribution in [0, 0.1) is 0 Å². The van der Waals surface area contributed by atoms with Gasteiger partial charge in [0.15, 0.2) is 5.13 Å². The number of aromatic nitrogens is 3. The zero-order valence-electron chi connectivity index (χ0n) is 19.7. The van der Waals surface area contributed by atoms with Crippen LogP contribution in [0.25, 0.3) is 21.5 Å². The van der Waals surface area contributed by atoms with Crippen LogP contribution in [0.15, 0.2) is 79.0 Å². The topological polar surface area (TPSA) is 98.1 Å². The number of nitrogens with one attached hydrogen (secondary N) is 2. The Morgan fingerprint density at radius 1 is 1.00 bits per heavy atom. The zero-order valence-corrected chi connectivity index (χ0v) is 20.5. The fourth-order valence-corrected chi connectivity index (χ4v) is 4.72. The van der Waals surface area contributed by atoms with Gasteiger partial charge in [-0.2, -0.15) is 5.10 Å². The number of anilines is 2. The summed E-state index contributed by atoms with van der Waals surface area (Å²) in [6, 6.07) is 22.8. The second-order valence-electron chi connectivity index (χ2n) is 8.14. The number of carbonyl (C=O) groups is 2. The summed E-state index contributed by atoms with van der Waals surface area (Å²) in [5, 5.41) is 10.9. The first-order valence-electron chi connectivity index (χ1n) is 11.2. The third-order valence-electron chi connectivity index (χ3n) is 5.49. The number of ether oxygens (including phenoxy) is 1. The van der Waals surface area contributed by atoms with Crippen molar-refractivity contribution in [1.82, 2.24) is 14.8 Å². The molecule has 3 aromatic carbocycles. The number of carbonyl (C=O) groups excluding carboxylic acids is 2. The van der Waals surface area contributed by atoms with Crippen molar-refractivity contribution < 1.29 is 14.3 Å². The Labute approximate surface area is 211 Å². The molecule has 5 rings (SSSR count). The van der Waals surface area contributed by atoms with Crippen LogP contribution >= 0.6 is 11.3 Å². The molecule has 0 aliphatic rings. The number of amides is 2. The van der Waals surface area contributed by atoms with Gasteiger partial charge in [-0.05, 0) is 48.0 Å². The Balaban J connectivity index is 1.46. The number of rotatable bonds is 7. The average molecular weight is 498 g/mol. The van der Waals surface area contributed by atoms with Crippen LogP contribution in [-0.4, -0.2) is 33.7 Å². The first kappa shape index (κ1) is 23.3. The van der Waals surface area contributed by atoms with Crippen LogP contribution < -0.4 is 15.4 Å². The van der Waals surface area contributed by atoms with Gasteiger partial charge in [0.25, 0.3) is 5.91 Å². The maximum absolute atomic E-state index is 13.4. The van der Waals surface area contributed by atoms with Gasteiger partial charge in [0.1, 0.15) is 11.4 Å². The highest BCUT2D eigenvalue weighted by molar-refractivity contribution is 7.22. The van der Waals surface area contributed by atoms with Crippen LogP contribution in [-0.2, 0) is 11.3 Å². The maximum Gasteiger partial charge on any atom is 0.261 e. The van der Waals surface area contributed by atoms with Crippen molar-refractivity contribution >= 4 is 44.2 Å². The molecule has 2 amide bonds. The lowest BCUT2D eigenvalue weighted by atomic mass is 10.1. The molecule has 0 bridgehead atoms. The van der Waals surface area contributed by atoms with E-state index in [1.54, 1.807) is 24.1 Å². The fourth-order valence-electron chi connectivity index (χ4n) is 3.82. The molecule has 0 unspecified atom stereocenters. The molecular weight excluding hydrogens is 474 g/mol. The number of hydrogen-bond acceptors (Lipinski definition) is 6. The summed E-state index contributed by atoms with van der Waals surface area (Å²) in [6.45, 7) is 1.99. The molecule has 0 aliphatic heterocycles. The van der Waals surface area contributed by atoms with Gasteiger partial charge in [-0.25, -0.2) is 4.98 Å². The Kier molecular flexibility index (Phi) is 6.46. The largest absolute Gasteiger partial charge is 0.497 e. The minimum Gasteiger partial charge on any atom is -0.497 e. The number of thiazole rings is 1. The summed E-state index contributed by atoms with van der Waals surface area (Å²) in [5.74, 6) is 0.272. The van der Waals surface area contributed by atoms with Gasteiger partial charge in [0, 0.05) is 24.4 Å². The Morgan fingerprint density at radius 3 is 2.50 bits per heavy atom. The predicted octanol–water partition coefficient (Wildman–Crippen LogP) is 5.43. The number of benzene rings is 3. The summed E-state index contributed by atoms with van der Waals surface area (Å²) in [7, 11) is 1.61. The zero-order chi connectivity index (χ0) is 25.1. The second-order valence-corrected chi connectivity index (χ2v) is 9.17. The van der Waals surface area contributed by atoms with Crippen LogP contribution in [0.5, 0.6) is 5.75 Å². The van der Waals surface area contributed by atoms with E-state index in [0.29, 0.717) is 28.6 Å². The molecule has 0 aliphatic carbocycles. The van der Waals surface area contributed by atoms with E-state index in [9.17, 15) is 9.59 Å². The molecule has 2 aromatic heterocycles. The van der Waals surface area contributed by atoms with Gasteiger partial charge in [-0.1, -0.05) is 41.7 Å². The highest BCUT2D eigenvalue weighted by Crippen LogP contribution is 2.30. The molecule has 0 saturated heterocycles. The number of hydrogen-bond donors (Lipinski definition) is 2. The van der Waals surface area contributed by atoms with Crippen LogP contribution in [0.2, 0.25) is 0 Å². The minimum atomic E-state index is -0.304. The normalized spacial score (nSPS) is 10.8. The SMILES string of the molecule is COc1ccc(-c2nn(Cc3ccccc3)cc2C(=O)Nc2nc3ccc(NC(C)=O)cc3s2)cc1. The lowest BCUT2D eigenvalue weighted by Gasteiger charge is -2.04. The smallest absolute Gasteiger partial charge is 0.261 e. The number of nitrogens with zero attached hydrogens (tertiary/aromatic N) is 3. The van der Waals surface area contributed by atoms with Crippen molar-refractivity contribution in [3.8, 4) is 17.0 Å². The Hall–Kier alpha value is -4.50. The minimum absolute atomic E-state index is 0.147. The van der Waals surface area contributed by atoms with E-state index < -0.39 is 0 Å². The van der Waals surface area contributed by atoms with E-state index in [1.807, 2.05) is 66.7 Å². The molecule has 0 saturated carbocycles. The van der Waals surface area contributed by atoms with Crippen molar-refractivity contribution in [3.05, 3.63) is 90.1 Å². The van der Waals surface area contributed by atoms with Crippen molar-refractivity contribution in [2.24, 2.45) is 0 Å². The molecule has 9 heteroatoms. The number of fused-ring (bicyclic) bond motifs is 1. The van der Waals surface area contributed by atoms with E-state index in [0.717, 1.165) is 27.1 Å².